The van der Waals surface area contributed by atoms with Gasteiger partial charge in [-0.05, 0) is 53.3 Å². The van der Waals surface area contributed by atoms with Crippen molar-refractivity contribution in [1.82, 2.24) is 25.1 Å². The first kappa shape index (κ1) is 32.0. The molecule has 47 heavy (non-hydrogen) atoms. The number of thioether (sulfide) groups is 1. The summed E-state index contributed by atoms with van der Waals surface area (Å²) >= 11 is 2.93. The Hall–Kier alpha value is -4.94. The van der Waals surface area contributed by atoms with Crippen LogP contribution in [0.15, 0.2) is 107 Å². The van der Waals surface area contributed by atoms with Crippen LogP contribution in [0.2, 0.25) is 0 Å². The molecular formula is C35H34N6O4S2. The number of ether oxygens (including phenoxy) is 2. The number of hydrazone groups is 1. The molecule has 3 heterocycles. The van der Waals surface area contributed by atoms with Gasteiger partial charge in [0.05, 0.1) is 48.7 Å². The molecule has 3 aromatic carbocycles. The summed E-state index contributed by atoms with van der Waals surface area (Å²) in [5, 5.41) is 20.8. The molecular weight excluding hydrogens is 633 g/mol. The largest absolute Gasteiger partial charge is 0.497 e. The van der Waals surface area contributed by atoms with Crippen LogP contribution in [0.5, 0.6) is 11.5 Å². The third kappa shape index (κ3) is 7.55. The monoisotopic (exact) mass is 666 g/mol. The number of nitrogens with one attached hydrogen (secondary N) is 1. The summed E-state index contributed by atoms with van der Waals surface area (Å²) in [4.78, 5) is 27.9. The zero-order chi connectivity index (χ0) is 32.6. The van der Waals surface area contributed by atoms with Crippen LogP contribution >= 0.6 is 23.1 Å². The van der Waals surface area contributed by atoms with E-state index in [1.165, 1.54) is 18.9 Å². The fourth-order valence-corrected chi connectivity index (χ4v) is 6.92. The van der Waals surface area contributed by atoms with Crippen molar-refractivity contribution in [2.24, 2.45) is 5.10 Å². The van der Waals surface area contributed by atoms with Crippen LogP contribution in [-0.2, 0) is 24.3 Å². The summed E-state index contributed by atoms with van der Waals surface area (Å²) in [6.07, 6.45) is 1.35. The van der Waals surface area contributed by atoms with Gasteiger partial charge in [-0.3, -0.25) is 9.59 Å². The Balaban J connectivity index is 1.20. The molecule has 0 bridgehead atoms. The van der Waals surface area contributed by atoms with E-state index in [9.17, 15) is 9.59 Å². The van der Waals surface area contributed by atoms with Crippen molar-refractivity contribution in [3.05, 3.63) is 124 Å². The lowest BCUT2D eigenvalue weighted by atomic mass is 10.0. The summed E-state index contributed by atoms with van der Waals surface area (Å²) in [5.74, 6) is 1.54. The standard InChI is InChI=1S/C35H34N6O4S2/c1-44-26-16-14-25(15-17-26)29-21-28(31-13-8-20-46-31)39-41(29)33(42)23-47-35-38-37-32(40(35)19-18-24-9-4-3-5-10-24)22-36-34(43)27-11-6-7-12-30(27)45-2/h3-17,20,29H,18-19,21-23H2,1-2H3,(H,36,43). The molecule has 0 radical (unpaired) electrons. The SMILES string of the molecule is COc1ccc(C2CC(c3cccs3)=NN2C(=O)CSc2nnc(CNC(=O)c3ccccc3OC)n2CCc2ccccc2)cc1. The number of hydrogen-bond donors (Lipinski definition) is 1. The van der Waals surface area contributed by atoms with Gasteiger partial charge >= 0.3 is 0 Å². The third-order valence-corrected chi connectivity index (χ3v) is 9.69. The van der Waals surface area contributed by atoms with Crippen LogP contribution in [0.3, 0.4) is 0 Å². The lowest BCUT2D eigenvalue weighted by molar-refractivity contribution is -0.130. The molecule has 12 heteroatoms. The predicted molar refractivity (Wildman–Crippen MR) is 183 cm³/mol. The first-order valence-corrected chi connectivity index (χ1v) is 17.0. The molecule has 1 aliphatic heterocycles. The van der Waals surface area contributed by atoms with Gasteiger partial charge in [-0.1, -0.05) is 72.4 Å². The quantitative estimate of drug-likeness (QED) is 0.154. The molecule has 1 N–H and O–H groups in total. The van der Waals surface area contributed by atoms with Crippen molar-refractivity contribution < 1.29 is 19.1 Å². The number of benzene rings is 3. The smallest absolute Gasteiger partial charge is 0.255 e. The number of carbonyl (C=O) groups excluding carboxylic acids is 2. The topological polar surface area (TPSA) is 111 Å². The second kappa shape index (κ2) is 15.1. The summed E-state index contributed by atoms with van der Waals surface area (Å²) in [7, 11) is 3.17. The average Bonchev–Trinajstić information content (AvgIpc) is 3.90. The first-order valence-electron chi connectivity index (χ1n) is 15.1. The van der Waals surface area contributed by atoms with Crippen LogP contribution in [0.25, 0.3) is 0 Å². The van der Waals surface area contributed by atoms with E-state index < -0.39 is 0 Å². The molecule has 1 atom stereocenters. The second-order valence-electron chi connectivity index (χ2n) is 10.7. The first-order chi connectivity index (χ1) is 23.0. The Morgan fingerprint density at radius 1 is 0.936 bits per heavy atom. The number of methoxy groups -OCH3 is 2. The Morgan fingerprint density at radius 2 is 1.72 bits per heavy atom. The zero-order valence-corrected chi connectivity index (χ0v) is 27.7. The highest BCUT2D eigenvalue weighted by molar-refractivity contribution is 7.99. The molecule has 2 amide bonds. The van der Waals surface area contributed by atoms with Gasteiger partial charge in [0.1, 0.15) is 11.5 Å². The lowest BCUT2D eigenvalue weighted by Gasteiger charge is -2.22. The van der Waals surface area contributed by atoms with Gasteiger partial charge in [-0.15, -0.1) is 21.5 Å². The molecule has 1 aliphatic rings. The van der Waals surface area contributed by atoms with Gasteiger partial charge in [0.2, 0.25) is 0 Å². The minimum atomic E-state index is -0.276. The molecule has 1 unspecified atom stereocenters. The van der Waals surface area contributed by atoms with Crippen LogP contribution in [0, 0.1) is 0 Å². The summed E-state index contributed by atoms with van der Waals surface area (Å²) in [6.45, 7) is 0.736. The Morgan fingerprint density at radius 3 is 2.47 bits per heavy atom. The van der Waals surface area contributed by atoms with E-state index in [0.29, 0.717) is 35.3 Å². The molecule has 2 aromatic heterocycles. The number of aryl methyl sites for hydroxylation is 1. The van der Waals surface area contributed by atoms with Gasteiger partial charge < -0.3 is 19.4 Å². The van der Waals surface area contributed by atoms with Crippen molar-refractivity contribution in [3.63, 3.8) is 0 Å². The molecule has 0 spiro atoms. The van der Waals surface area contributed by atoms with Gasteiger partial charge in [-0.25, -0.2) is 5.01 Å². The number of nitrogens with zero attached hydrogens (tertiary/aromatic N) is 5. The van der Waals surface area contributed by atoms with Crippen LogP contribution in [0.4, 0.5) is 0 Å². The number of thiophene rings is 1. The molecule has 10 nitrogen and oxygen atoms in total. The maximum atomic E-state index is 13.8. The third-order valence-electron chi connectivity index (χ3n) is 7.82. The van der Waals surface area contributed by atoms with Crippen molar-refractivity contribution in [2.45, 2.75) is 37.1 Å². The second-order valence-corrected chi connectivity index (χ2v) is 12.6. The van der Waals surface area contributed by atoms with E-state index in [0.717, 1.165) is 33.9 Å². The zero-order valence-electron chi connectivity index (χ0n) is 26.0. The van der Waals surface area contributed by atoms with E-state index in [1.807, 2.05) is 70.6 Å². The molecule has 0 saturated carbocycles. The molecule has 6 rings (SSSR count). The Labute approximate surface area is 281 Å². The van der Waals surface area contributed by atoms with E-state index in [2.05, 4.69) is 27.6 Å². The number of rotatable bonds is 13. The van der Waals surface area contributed by atoms with Crippen molar-refractivity contribution in [1.29, 1.82) is 0 Å². The fourth-order valence-electron chi connectivity index (χ4n) is 5.36. The summed E-state index contributed by atoms with van der Waals surface area (Å²) in [5.41, 5.74) is 3.47. The van der Waals surface area contributed by atoms with Gasteiger partial charge in [0.25, 0.3) is 11.8 Å². The molecule has 0 saturated heterocycles. The van der Waals surface area contributed by atoms with Crippen LogP contribution in [-0.4, -0.2) is 57.3 Å². The maximum absolute atomic E-state index is 13.8. The Bertz CT molecular complexity index is 1840. The fraction of sp³-hybridized carbons (Fsp3) is 0.229. The highest BCUT2D eigenvalue weighted by atomic mass is 32.2. The number of carbonyl (C=O) groups is 2. The molecule has 240 valence electrons. The van der Waals surface area contributed by atoms with Crippen molar-refractivity contribution in [2.75, 3.05) is 20.0 Å². The Kier molecular flexibility index (Phi) is 10.3. The number of hydrogen-bond acceptors (Lipinski definition) is 9. The van der Waals surface area contributed by atoms with Gasteiger partial charge in [-0.2, -0.15) is 5.10 Å². The maximum Gasteiger partial charge on any atom is 0.255 e. The van der Waals surface area contributed by atoms with Gasteiger partial charge in [0.15, 0.2) is 11.0 Å². The van der Waals surface area contributed by atoms with Crippen molar-refractivity contribution in [3.8, 4) is 11.5 Å². The highest BCUT2D eigenvalue weighted by Gasteiger charge is 2.33. The van der Waals surface area contributed by atoms with Gasteiger partial charge in [0, 0.05) is 13.0 Å². The predicted octanol–water partition coefficient (Wildman–Crippen LogP) is 6.00. The van der Waals surface area contributed by atoms with E-state index in [4.69, 9.17) is 14.6 Å². The average molecular weight is 667 g/mol. The normalized spacial score (nSPS) is 14.1. The number of amides is 2. The van der Waals surface area contributed by atoms with E-state index in [1.54, 1.807) is 41.7 Å². The highest BCUT2D eigenvalue weighted by Crippen LogP contribution is 2.35. The lowest BCUT2D eigenvalue weighted by Crippen LogP contribution is -2.28. The van der Waals surface area contributed by atoms with Crippen LogP contribution < -0.4 is 14.8 Å². The van der Waals surface area contributed by atoms with E-state index in [-0.39, 0.29) is 30.2 Å². The minimum absolute atomic E-state index is 0.116. The summed E-state index contributed by atoms with van der Waals surface area (Å²) in [6, 6.07) is 28.7. The van der Waals surface area contributed by atoms with Crippen LogP contribution in [0.1, 0.15) is 44.6 Å². The molecule has 5 aromatic rings. The number of para-hydroxylation sites is 1. The van der Waals surface area contributed by atoms with Crippen molar-refractivity contribution >= 4 is 40.6 Å². The minimum Gasteiger partial charge on any atom is -0.497 e. The van der Waals surface area contributed by atoms with E-state index >= 15 is 0 Å². The number of aromatic nitrogens is 3. The molecule has 0 fully saturated rings. The molecule has 0 aliphatic carbocycles. The summed E-state index contributed by atoms with van der Waals surface area (Å²) < 4.78 is 12.7.